The van der Waals surface area contributed by atoms with Crippen LogP contribution in [0.2, 0.25) is 0 Å². The van der Waals surface area contributed by atoms with Gasteiger partial charge in [-0.2, -0.15) is 4.98 Å². The van der Waals surface area contributed by atoms with Crippen molar-refractivity contribution in [3.8, 4) is 5.75 Å². The highest BCUT2D eigenvalue weighted by Gasteiger charge is 2.27. The minimum atomic E-state index is -0.292. The molecule has 4 rings (SSSR count). The molecule has 28 heavy (non-hydrogen) atoms. The summed E-state index contributed by atoms with van der Waals surface area (Å²) in [6, 6.07) is 9.93. The molecule has 0 bridgehead atoms. The molecule has 0 fully saturated rings. The first-order chi connectivity index (χ1) is 13.6. The zero-order valence-electron chi connectivity index (χ0n) is 14.9. The van der Waals surface area contributed by atoms with E-state index in [1.165, 1.54) is 12.1 Å². The Morgan fingerprint density at radius 2 is 1.71 bits per heavy atom. The lowest BCUT2D eigenvalue weighted by Crippen LogP contribution is -2.16. The van der Waals surface area contributed by atoms with Gasteiger partial charge < -0.3 is 16.2 Å². The highest BCUT2D eigenvalue weighted by Crippen LogP contribution is 2.41. The molecular formula is C21H18FN5O. The predicted molar refractivity (Wildman–Crippen MR) is 105 cm³/mol. The maximum absolute atomic E-state index is 13.4. The van der Waals surface area contributed by atoms with Gasteiger partial charge in [0.05, 0.1) is 0 Å². The maximum Gasteiger partial charge on any atom is 0.221 e. The molecule has 1 aliphatic carbocycles. The molecule has 3 aromatic rings. The second-order valence-electron chi connectivity index (χ2n) is 6.39. The average Bonchev–Trinajstić information content (AvgIpc) is 2.70. The van der Waals surface area contributed by atoms with E-state index >= 15 is 0 Å². The van der Waals surface area contributed by atoms with E-state index in [2.05, 4.69) is 15.0 Å². The van der Waals surface area contributed by atoms with E-state index in [-0.39, 0.29) is 23.6 Å². The number of aromatic nitrogens is 3. The van der Waals surface area contributed by atoms with Crippen molar-refractivity contribution < 1.29 is 9.13 Å². The summed E-state index contributed by atoms with van der Waals surface area (Å²) in [4.78, 5) is 12.1. The molecule has 0 amide bonds. The summed E-state index contributed by atoms with van der Waals surface area (Å²) in [7, 11) is 0. The first-order valence-corrected chi connectivity index (χ1v) is 8.71. The third-order valence-corrected chi connectivity index (χ3v) is 4.56. The van der Waals surface area contributed by atoms with Crippen LogP contribution >= 0.6 is 0 Å². The lowest BCUT2D eigenvalue weighted by Gasteiger charge is -2.27. The minimum absolute atomic E-state index is 0.122. The van der Waals surface area contributed by atoms with Crippen molar-refractivity contribution >= 4 is 11.8 Å². The Morgan fingerprint density at radius 1 is 0.964 bits per heavy atom. The van der Waals surface area contributed by atoms with Crippen molar-refractivity contribution in [2.75, 3.05) is 11.5 Å². The number of anilines is 2. The number of allylic oxidation sites excluding steroid dienone is 3. The van der Waals surface area contributed by atoms with Crippen LogP contribution in [-0.4, -0.2) is 15.0 Å². The van der Waals surface area contributed by atoms with Gasteiger partial charge in [-0.05, 0) is 42.0 Å². The van der Waals surface area contributed by atoms with Crippen LogP contribution in [0.3, 0.4) is 0 Å². The van der Waals surface area contributed by atoms with Gasteiger partial charge in [-0.3, -0.25) is 4.98 Å². The van der Waals surface area contributed by atoms with Gasteiger partial charge in [-0.1, -0.05) is 18.2 Å². The summed E-state index contributed by atoms with van der Waals surface area (Å²) in [5, 5.41) is 0. The van der Waals surface area contributed by atoms with Gasteiger partial charge in [-0.25, -0.2) is 9.37 Å². The fourth-order valence-electron chi connectivity index (χ4n) is 3.23. The molecule has 0 saturated heterocycles. The van der Waals surface area contributed by atoms with E-state index in [0.29, 0.717) is 17.3 Å². The molecule has 2 unspecified atom stereocenters. The molecule has 2 heterocycles. The monoisotopic (exact) mass is 375 g/mol. The molecule has 0 saturated carbocycles. The summed E-state index contributed by atoms with van der Waals surface area (Å²) in [5.41, 5.74) is 13.4. The Bertz CT molecular complexity index is 1030. The van der Waals surface area contributed by atoms with Gasteiger partial charge in [0.15, 0.2) is 0 Å². The van der Waals surface area contributed by atoms with Crippen molar-refractivity contribution in [2.24, 2.45) is 0 Å². The van der Waals surface area contributed by atoms with Crippen molar-refractivity contribution in [3.63, 3.8) is 0 Å². The van der Waals surface area contributed by atoms with Crippen LogP contribution < -0.4 is 16.2 Å². The third kappa shape index (κ3) is 3.68. The molecule has 140 valence electrons. The van der Waals surface area contributed by atoms with Crippen LogP contribution in [0.15, 0.2) is 79.0 Å². The Labute approximate surface area is 161 Å². The van der Waals surface area contributed by atoms with Gasteiger partial charge in [0.1, 0.15) is 23.1 Å². The van der Waals surface area contributed by atoms with E-state index in [9.17, 15) is 4.39 Å². The molecule has 2 aromatic heterocycles. The van der Waals surface area contributed by atoms with Crippen LogP contribution in [0.25, 0.3) is 0 Å². The van der Waals surface area contributed by atoms with Gasteiger partial charge in [0.2, 0.25) is 5.95 Å². The van der Waals surface area contributed by atoms with Crippen LogP contribution in [-0.2, 0) is 0 Å². The lowest BCUT2D eigenvalue weighted by atomic mass is 9.79. The van der Waals surface area contributed by atoms with Crippen molar-refractivity contribution in [2.45, 2.75) is 11.8 Å². The number of nitrogens with zero attached hydrogens (tertiary/aromatic N) is 3. The number of halogens is 1. The predicted octanol–water partition coefficient (Wildman–Crippen LogP) is 3.58. The molecule has 7 heteroatoms. The fraction of sp³-hybridized carbons (Fsp3) is 0.0952. The highest BCUT2D eigenvalue weighted by molar-refractivity contribution is 5.50. The van der Waals surface area contributed by atoms with E-state index in [1.54, 1.807) is 42.9 Å². The SMILES string of the molecule is Nc1ncc(C2C=CC(Oc3ccncc3)=CC2c2ccc(F)cc2)c(N)n1. The second kappa shape index (κ2) is 7.48. The quantitative estimate of drug-likeness (QED) is 0.723. The number of hydrogen-bond donors (Lipinski definition) is 2. The van der Waals surface area contributed by atoms with E-state index in [1.807, 2.05) is 18.2 Å². The topological polar surface area (TPSA) is 99.9 Å². The molecule has 1 aromatic carbocycles. The Kier molecular flexibility index (Phi) is 4.72. The maximum atomic E-state index is 13.4. The van der Waals surface area contributed by atoms with Gasteiger partial charge in [0.25, 0.3) is 0 Å². The summed E-state index contributed by atoms with van der Waals surface area (Å²) < 4.78 is 19.4. The molecule has 0 spiro atoms. The van der Waals surface area contributed by atoms with E-state index in [4.69, 9.17) is 16.2 Å². The fourth-order valence-corrected chi connectivity index (χ4v) is 3.23. The van der Waals surface area contributed by atoms with Crippen molar-refractivity contribution in [1.82, 2.24) is 15.0 Å². The summed E-state index contributed by atoms with van der Waals surface area (Å²) in [6.07, 6.45) is 10.8. The van der Waals surface area contributed by atoms with Crippen molar-refractivity contribution in [1.29, 1.82) is 0 Å². The van der Waals surface area contributed by atoms with Gasteiger partial charge in [-0.15, -0.1) is 0 Å². The molecule has 4 N–H and O–H groups in total. The highest BCUT2D eigenvalue weighted by atomic mass is 19.1. The van der Waals surface area contributed by atoms with Crippen LogP contribution in [0.1, 0.15) is 23.0 Å². The number of nitrogen functional groups attached to an aromatic ring is 2. The number of hydrogen-bond acceptors (Lipinski definition) is 6. The zero-order chi connectivity index (χ0) is 19.5. The largest absolute Gasteiger partial charge is 0.458 e. The third-order valence-electron chi connectivity index (χ3n) is 4.56. The average molecular weight is 375 g/mol. The molecule has 1 aliphatic rings. The number of ether oxygens (including phenoxy) is 1. The number of benzene rings is 1. The van der Waals surface area contributed by atoms with E-state index < -0.39 is 0 Å². The van der Waals surface area contributed by atoms with Crippen LogP contribution in [0.4, 0.5) is 16.2 Å². The Hall–Kier alpha value is -3.74. The number of pyridine rings is 1. The molecule has 2 atom stereocenters. The smallest absolute Gasteiger partial charge is 0.221 e. The number of nitrogens with two attached hydrogens (primary N) is 2. The van der Waals surface area contributed by atoms with Crippen LogP contribution in [0.5, 0.6) is 5.75 Å². The Morgan fingerprint density at radius 3 is 2.43 bits per heavy atom. The van der Waals surface area contributed by atoms with Gasteiger partial charge >= 0.3 is 0 Å². The number of rotatable bonds is 4. The Balaban J connectivity index is 1.72. The summed E-state index contributed by atoms with van der Waals surface area (Å²) in [5.74, 6) is 1.22. The standard InChI is InChI=1S/C21H18FN5O/c22-14-3-1-13(2-4-14)18-11-16(28-15-7-9-25-10-8-15)5-6-17(18)19-12-26-21(24)27-20(19)23/h1-12,17-18H,(H4,23,24,26,27). The first kappa shape index (κ1) is 17.7. The summed E-state index contributed by atoms with van der Waals surface area (Å²) >= 11 is 0. The molecular weight excluding hydrogens is 357 g/mol. The first-order valence-electron chi connectivity index (χ1n) is 8.71. The molecule has 0 aliphatic heterocycles. The second-order valence-corrected chi connectivity index (χ2v) is 6.39. The lowest BCUT2D eigenvalue weighted by molar-refractivity contribution is 0.433. The zero-order valence-corrected chi connectivity index (χ0v) is 14.9. The van der Waals surface area contributed by atoms with Crippen LogP contribution in [0, 0.1) is 5.82 Å². The van der Waals surface area contributed by atoms with Crippen molar-refractivity contribution in [3.05, 3.63) is 95.9 Å². The summed E-state index contributed by atoms with van der Waals surface area (Å²) in [6.45, 7) is 0. The molecule has 0 radical (unpaired) electrons. The minimum Gasteiger partial charge on any atom is -0.458 e. The normalized spacial score (nSPS) is 18.5. The van der Waals surface area contributed by atoms with Gasteiger partial charge in [0, 0.05) is 36.0 Å². The molecule has 6 nitrogen and oxygen atoms in total. The van der Waals surface area contributed by atoms with E-state index in [0.717, 1.165) is 11.1 Å².